The van der Waals surface area contributed by atoms with Crippen LogP contribution in [0.4, 0.5) is 0 Å². The van der Waals surface area contributed by atoms with Gasteiger partial charge in [-0.25, -0.2) is 9.59 Å². The molecule has 4 aliphatic rings. The summed E-state index contributed by atoms with van der Waals surface area (Å²) in [6.45, 7) is 5.85. The second-order valence-electron chi connectivity index (χ2n) is 6.22. The summed E-state index contributed by atoms with van der Waals surface area (Å²) >= 11 is 0. The molecule has 0 amide bonds. The SMILES string of the molecule is C=C1C(=O)O[C@H]2C[C@]3(C)O[C@H]3CCC3=C[C@@H](OC3=O)[C@H]12. The van der Waals surface area contributed by atoms with Crippen LogP contribution in [0.15, 0.2) is 23.8 Å². The Morgan fingerprint density at radius 3 is 2.90 bits per heavy atom. The fourth-order valence-electron chi connectivity index (χ4n) is 3.61. The molecule has 3 heterocycles. The molecule has 0 N–H and O–H groups in total. The Labute approximate surface area is 116 Å². The zero-order chi connectivity index (χ0) is 14.1. The first kappa shape index (κ1) is 12.1. The van der Waals surface area contributed by atoms with Crippen LogP contribution in [0, 0.1) is 5.92 Å². The van der Waals surface area contributed by atoms with Gasteiger partial charge in [0.05, 0.1) is 17.6 Å². The molecule has 106 valence electrons. The predicted molar refractivity (Wildman–Crippen MR) is 67.6 cm³/mol. The van der Waals surface area contributed by atoms with Crippen LogP contribution in [0.5, 0.6) is 0 Å². The topological polar surface area (TPSA) is 65.1 Å². The molecule has 2 bridgehead atoms. The lowest BCUT2D eigenvalue weighted by atomic mass is 9.83. The van der Waals surface area contributed by atoms with E-state index in [-0.39, 0.29) is 29.7 Å². The van der Waals surface area contributed by atoms with Gasteiger partial charge in [0.25, 0.3) is 0 Å². The molecule has 0 saturated carbocycles. The number of fused-ring (bicyclic) bond motifs is 4. The van der Waals surface area contributed by atoms with Crippen LogP contribution in [0.2, 0.25) is 0 Å². The van der Waals surface area contributed by atoms with Crippen LogP contribution in [0.3, 0.4) is 0 Å². The molecule has 4 rings (SSSR count). The molecular weight excluding hydrogens is 260 g/mol. The van der Waals surface area contributed by atoms with Gasteiger partial charge in [-0.2, -0.15) is 0 Å². The van der Waals surface area contributed by atoms with E-state index < -0.39 is 12.1 Å². The molecule has 0 aromatic rings. The molecule has 0 aromatic heterocycles. The van der Waals surface area contributed by atoms with E-state index in [0.717, 1.165) is 6.42 Å². The smallest absolute Gasteiger partial charge is 0.334 e. The van der Waals surface area contributed by atoms with Crippen molar-refractivity contribution in [1.29, 1.82) is 0 Å². The van der Waals surface area contributed by atoms with Crippen molar-refractivity contribution < 1.29 is 23.8 Å². The first-order chi connectivity index (χ1) is 9.48. The van der Waals surface area contributed by atoms with Gasteiger partial charge >= 0.3 is 11.9 Å². The van der Waals surface area contributed by atoms with E-state index in [1.807, 2.05) is 13.0 Å². The summed E-state index contributed by atoms with van der Waals surface area (Å²) in [5, 5.41) is 0. The fraction of sp³-hybridized carbons (Fsp3) is 0.600. The molecule has 2 saturated heterocycles. The molecule has 0 spiro atoms. The predicted octanol–water partition coefficient (Wildman–Crippen LogP) is 1.28. The van der Waals surface area contributed by atoms with E-state index in [1.165, 1.54) is 0 Å². The molecule has 2 fully saturated rings. The molecule has 5 atom stereocenters. The molecule has 3 aliphatic heterocycles. The van der Waals surface area contributed by atoms with Crippen molar-refractivity contribution >= 4 is 11.9 Å². The Kier molecular flexibility index (Phi) is 2.26. The standard InChI is InChI=1S/C15H16O5/c1-7-12-9-5-8(14(17)18-9)3-4-11-15(2,20-11)6-10(12)19-13(7)16/h5,9-12H,1,3-4,6H2,2H3/t9-,10+,11+,12+,15+/m1/s1. The number of ether oxygens (including phenoxy) is 3. The van der Waals surface area contributed by atoms with Crippen molar-refractivity contribution in [3.05, 3.63) is 23.8 Å². The Balaban J connectivity index is 1.73. The first-order valence-electron chi connectivity index (χ1n) is 6.97. The van der Waals surface area contributed by atoms with Crippen molar-refractivity contribution in [1.82, 2.24) is 0 Å². The highest BCUT2D eigenvalue weighted by Gasteiger charge is 2.58. The highest BCUT2D eigenvalue weighted by molar-refractivity contribution is 5.93. The maximum Gasteiger partial charge on any atom is 0.334 e. The van der Waals surface area contributed by atoms with Gasteiger partial charge in [-0.15, -0.1) is 0 Å². The van der Waals surface area contributed by atoms with Crippen molar-refractivity contribution in [3.63, 3.8) is 0 Å². The van der Waals surface area contributed by atoms with Gasteiger partial charge < -0.3 is 14.2 Å². The third-order valence-corrected chi connectivity index (χ3v) is 4.87. The first-order valence-corrected chi connectivity index (χ1v) is 6.97. The average molecular weight is 276 g/mol. The molecule has 1 aliphatic carbocycles. The highest BCUT2D eigenvalue weighted by Crippen LogP contribution is 2.49. The minimum atomic E-state index is -0.430. The third-order valence-electron chi connectivity index (χ3n) is 4.87. The molecule has 5 heteroatoms. The molecule has 0 aromatic carbocycles. The van der Waals surface area contributed by atoms with Gasteiger partial charge in [-0.05, 0) is 25.8 Å². The Morgan fingerprint density at radius 1 is 1.30 bits per heavy atom. The van der Waals surface area contributed by atoms with Crippen molar-refractivity contribution in [3.8, 4) is 0 Å². The normalized spacial score (nSPS) is 46.0. The summed E-state index contributed by atoms with van der Waals surface area (Å²) in [6.07, 6.45) is 3.30. The zero-order valence-electron chi connectivity index (χ0n) is 11.3. The number of epoxide rings is 1. The number of hydrogen-bond acceptors (Lipinski definition) is 5. The summed E-state index contributed by atoms with van der Waals surface area (Å²) in [5.74, 6) is -0.966. The second-order valence-corrected chi connectivity index (χ2v) is 6.22. The molecule has 20 heavy (non-hydrogen) atoms. The van der Waals surface area contributed by atoms with E-state index in [4.69, 9.17) is 14.2 Å². The van der Waals surface area contributed by atoms with Gasteiger partial charge in [-0.1, -0.05) is 6.58 Å². The van der Waals surface area contributed by atoms with Crippen molar-refractivity contribution in [2.75, 3.05) is 0 Å². The monoisotopic (exact) mass is 276 g/mol. The number of carbonyl (C=O) groups is 2. The number of rotatable bonds is 0. The summed E-state index contributed by atoms with van der Waals surface area (Å²) in [5.41, 5.74) is 0.820. The number of esters is 2. The van der Waals surface area contributed by atoms with Crippen LogP contribution in [0.1, 0.15) is 26.2 Å². The van der Waals surface area contributed by atoms with Crippen molar-refractivity contribution in [2.24, 2.45) is 5.92 Å². The minimum Gasteiger partial charge on any atom is -0.458 e. The van der Waals surface area contributed by atoms with Crippen LogP contribution in [-0.2, 0) is 23.8 Å². The largest absolute Gasteiger partial charge is 0.458 e. The van der Waals surface area contributed by atoms with E-state index >= 15 is 0 Å². The van der Waals surface area contributed by atoms with Gasteiger partial charge in [0, 0.05) is 17.6 Å². The lowest BCUT2D eigenvalue weighted by Crippen LogP contribution is -2.32. The Hall–Kier alpha value is -1.62. The van der Waals surface area contributed by atoms with E-state index in [9.17, 15) is 9.59 Å². The maximum absolute atomic E-state index is 11.9. The molecule has 0 unspecified atom stereocenters. The Bertz CT molecular complexity index is 563. The van der Waals surface area contributed by atoms with Gasteiger partial charge in [0.2, 0.25) is 0 Å². The summed E-state index contributed by atoms with van der Waals surface area (Å²) in [6, 6.07) is 0. The summed E-state index contributed by atoms with van der Waals surface area (Å²) < 4.78 is 16.6. The maximum atomic E-state index is 11.9. The van der Waals surface area contributed by atoms with Crippen molar-refractivity contribution in [2.45, 2.75) is 50.1 Å². The van der Waals surface area contributed by atoms with E-state index in [0.29, 0.717) is 24.0 Å². The van der Waals surface area contributed by atoms with Gasteiger partial charge in [-0.3, -0.25) is 0 Å². The lowest BCUT2D eigenvalue weighted by molar-refractivity contribution is -0.143. The molecular formula is C15H16O5. The number of carbonyl (C=O) groups excluding carboxylic acids is 2. The van der Waals surface area contributed by atoms with Gasteiger partial charge in [0.15, 0.2) is 0 Å². The van der Waals surface area contributed by atoms with Crippen LogP contribution in [-0.4, -0.2) is 35.9 Å². The van der Waals surface area contributed by atoms with E-state index in [1.54, 1.807) is 0 Å². The fourth-order valence-corrected chi connectivity index (χ4v) is 3.61. The quantitative estimate of drug-likeness (QED) is 0.379. The van der Waals surface area contributed by atoms with Crippen LogP contribution < -0.4 is 0 Å². The summed E-state index contributed by atoms with van der Waals surface area (Å²) in [7, 11) is 0. The van der Waals surface area contributed by atoms with Gasteiger partial charge in [0.1, 0.15) is 12.2 Å². The second kappa shape index (κ2) is 3.73. The third kappa shape index (κ3) is 1.59. The molecule has 5 nitrogen and oxygen atoms in total. The van der Waals surface area contributed by atoms with Crippen LogP contribution in [0.25, 0.3) is 0 Å². The lowest BCUT2D eigenvalue weighted by Gasteiger charge is -2.23. The Morgan fingerprint density at radius 2 is 2.10 bits per heavy atom. The number of hydrogen-bond donors (Lipinski definition) is 0. The minimum absolute atomic E-state index is 0.126. The van der Waals surface area contributed by atoms with Crippen LogP contribution >= 0.6 is 0 Å². The summed E-state index contributed by atoms with van der Waals surface area (Å²) in [4.78, 5) is 23.7. The zero-order valence-corrected chi connectivity index (χ0v) is 11.3. The van der Waals surface area contributed by atoms with E-state index in [2.05, 4.69) is 6.58 Å². The molecule has 0 radical (unpaired) electrons. The average Bonchev–Trinajstić information content (AvgIpc) is 2.74. The highest BCUT2D eigenvalue weighted by atomic mass is 16.6.